The summed E-state index contributed by atoms with van der Waals surface area (Å²) in [4.78, 5) is 82.6. The molecule has 0 unspecified atom stereocenters. The standard InChI is InChI=1S/C30H33N5O6/c1-19(2)27-29(40)34(24(16-33(27)20(3)36)22-13-9-6-10-14-22)17-25(37)31-23(15-21-11-7-5-8-12-21)28(39)35-26(38)18-32(4)30(35)41/h5-14,16,19,23,27H,15,17-18H2,1-4H3,(H,31,37)/t23-,27-/m0/s1. The van der Waals surface area contributed by atoms with Crippen molar-refractivity contribution < 1.29 is 28.8 Å². The van der Waals surface area contributed by atoms with Crippen LogP contribution in [0.3, 0.4) is 0 Å². The van der Waals surface area contributed by atoms with Crippen molar-refractivity contribution in [1.29, 1.82) is 0 Å². The number of likely N-dealkylation sites (N-methyl/N-ethyl adjacent to an activating group) is 1. The van der Waals surface area contributed by atoms with Crippen LogP contribution in [0.15, 0.2) is 66.9 Å². The molecule has 41 heavy (non-hydrogen) atoms. The zero-order chi connectivity index (χ0) is 29.8. The maximum Gasteiger partial charge on any atom is 0.333 e. The van der Waals surface area contributed by atoms with E-state index in [4.69, 9.17) is 0 Å². The first-order chi connectivity index (χ1) is 19.5. The Kier molecular flexibility index (Phi) is 8.65. The molecular weight excluding hydrogens is 526 g/mol. The van der Waals surface area contributed by atoms with Gasteiger partial charge in [0.05, 0.1) is 5.70 Å². The Hall–Kier alpha value is -4.80. The molecule has 4 rings (SSSR count). The smallest absolute Gasteiger partial charge is 0.333 e. The summed E-state index contributed by atoms with van der Waals surface area (Å²) in [6.45, 7) is 4.31. The Morgan fingerprint density at radius 1 is 0.951 bits per heavy atom. The fourth-order valence-electron chi connectivity index (χ4n) is 5.00. The van der Waals surface area contributed by atoms with Gasteiger partial charge in [-0.25, -0.2) is 4.79 Å². The third-order valence-electron chi connectivity index (χ3n) is 7.01. The van der Waals surface area contributed by atoms with Crippen molar-refractivity contribution in [2.24, 2.45) is 5.92 Å². The minimum Gasteiger partial charge on any atom is -0.342 e. The molecule has 214 valence electrons. The van der Waals surface area contributed by atoms with Gasteiger partial charge in [0, 0.05) is 26.6 Å². The normalized spacial score (nSPS) is 18.1. The molecule has 1 N–H and O–H groups in total. The first kappa shape index (κ1) is 29.2. The highest BCUT2D eigenvalue weighted by molar-refractivity contribution is 6.16. The van der Waals surface area contributed by atoms with E-state index in [1.165, 1.54) is 23.8 Å². The number of carbonyl (C=O) groups is 6. The van der Waals surface area contributed by atoms with Gasteiger partial charge in [0.25, 0.3) is 17.7 Å². The molecule has 0 aromatic heterocycles. The number of hydrogen-bond acceptors (Lipinski definition) is 6. The minimum atomic E-state index is -1.25. The van der Waals surface area contributed by atoms with Crippen LogP contribution in [-0.4, -0.2) is 87.4 Å². The van der Waals surface area contributed by atoms with Gasteiger partial charge in [0.2, 0.25) is 11.8 Å². The van der Waals surface area contributed by atoms with Gasteiger partial charge < -0.3 is 15.1 Å². The Morgan fingerprint density at radius 2 is 1.56 bits per heavy atom. The zero-order valence-electron chi connectivity index (χ0n) is 23.4. The molecule has 2 aromatic carbocycles. The maximum absolute atomic E-state index is 13.8. The number of imide groups is 3. The van der Waals surface area contributed by atoms with Gasteiger partial charge in [-0.15, -0.1) is 0 Å². The average molecular weight is 560 g/mol. The summed E-state index contributed by atoms with van der Waals surface area (Å²) in [5.74, 6) is -3.20. The lowest BCUT2D eigenvalue weighted by molar-refractivity contribution is -0.145. The van der Waals surface area contributed by atoms with E-state index >= 15 is 0 Å². The molecule has 1 fully saturated rings. The monoisotopic (exact) mass is 559 g/mol. The van der Waals surface area contributed by atoms with Crippen LogP contribution in [0.4, 0.5) is 4.79 Å². The lowest BCUT2D eigenvalue weighted by atomic mass is 9.97. The van der Waals surface area contributed by atoms with E-state index in [1.54, 1.807) is 60.8 Å². The van der Waals surface area contributed by atoms with E-state index in [9.17, 15) is 28.8 Å². The fraction of sp³-hybridized carbons (Fsp3) is 0.333. The van der Waals surface area contributed by atoms with Crippen molar-refractivity contribution in [2.45, 2.75) is 39.3 Å². The molecular formula is C30H33N5O6. The fourth-order valence-corrected chi connectivity index (χ4v) is 5.00. The SMILES string of the molecule is CC(=O)N1C=C(c2ccccc2)N(CC(=O)N[C@@H](Cc2ccccc2)C(=O)N2C(=O)CN(C)C2=O)C(=O)[C@@H]1C(C)C. The topological polar surface area (TPSA) is 127 Å². The van der Waals surface area contributed by atoms with Crippen LogP contribution in [0.25, 0.3) is 5.70 Å². The summed E-state index contributed by atoms with van der Waals surface area (Å²) < 4.78 is 0. The van der Waals surface area contributed by atoms with Crippen LogP contribution in [0.2, 0.25) is 0 Å². The largest absolute Gasteiger partial charge is 0.342 e. The Labute approximate surface area is 238 Å². The van der Waals surface area contributed by atoms with Gasteiger partial charge in [-0.3, -0.25) is 28.9 Å². The van der Waals surface area contributed by atoms with Crippen LogP contribution in [-0.2, 0) is 30.4 Å². The van der Waals surface area contributed by atoms with Crippen molar-refractivity contribution in [3.8, 4) is 0 Å². The van der Waals surface area contributed by atoms with Crippen molar-refractivity contribution >= 4 is 41.3 Å². The molecule has 0 spiro atoms. The van der Waals surface area contributed by atoms with Gasteiger partial charge in [-0.2, -0.15) is 4.90 Å². The molecule has 2 heterocycles. The second-order valence-corrected chi connectivity index (χ2v) is 10.4. The summed E-state index contributed by atoms with van der Waals surface area (Å²) in [6, 6.07) is 14.9. The molecule has 0 saturated carbocycles. The first-order valence-corrected chi connectivity index (χ1v) is 13.3. The van der Waals surface area contributed by atoms with Crippen molar-refractivity contribution in [3.05, 3.63) is 78.0 Å². The van der Waals surface area contributed by atoms with E-state index in [1.807, 2.05) is 19.9 Å². The highest BCUT2D eigenvalue weighted by Crippen LogP contribution is 2.30. The highest BCUT2D eigenvalue weighted by atomic mass is 16.2. The molecule has 7 amide bonds. The van der Waals surface area contributed by atoms with E-state index < -0.39 is 48.3 Å². The minimum absolute atomic E-state index is 0.0221. The van der Waals surface area contributed by atoms with Gasteiger partial charge in [-0.1, -0.05) is 74.5 Å². The number of hydrogen-bond donors (Lipinski definition) is 1. The Balaban J connectivity index is 1.65. The number of carbonyl (C=O) groups excluding carboxylic acids is 6. The van der Waals surface area contributed by atoms with Crippen molar-refractivity contribution in [2.75, 3.05) is 20.1 Å². The predicted molar refractivity (Wildman–Crippen MR) is 149 cm³/mol. The predicted octanol–water partition coefficient (Wildman–Crippen LogP) is 1.85. The van der Waals surface area contributed by atoms with E-state index in [2.05, 4.69) is 5.32 Å². The highest BCUT2D eigenvalue weighted by Gasteiger charge is 2.43. The number of nitrogens with one attached hydrogen (secondary N) is 1. The van der Waals surface area contributed by atoms with Crippen LogP contribution < -0.4 is 5.32 Å². The van der Waals surface area contributed by atoms with Crippen LogP contribution in [0, 0.1) is 5.92 Å². The van der Waals surface area contributed by atoms with Gasteiger partial charge >= 0.3 is 6.03 Å². The summed E-state index contributed by atoms with van der Waals surface area (Å²) in [5.41, 5.74) is 1.68. The number of amides is 7. The zero-order valence-corrected chi connectivity index (χ0v) is 23.4. The summed E-state index contributed by atoms with van der Waals surface area (Å²) in [5, 5.41) is 2.66. The molecule has 2 aromatic rings. The summed E-state index contributed by atoms with van der Waals surface area (Å²) >= 11 is 0. The van der Waals surface area contributed by atoms with Crippen LogP contribution in [0.1, 0.15) is 31.9 Å². The second-order valence-electron chi connectivity index (χ2n) is 10.4. The van der Waals surface area contributed by atoms with Gasteiger partial charge in [0.1, 0.15) is 25.2 Å². The third kappa shape index (κ3) is 6.19. The quantitative estimate of drug-likeness (QED) is 0.492. The van der Waals surface area contributed by atoms with Crippen LogP contribution >= 0.6 is 0 Å². The average Bonchev–Trinajstić information content (AvgIpc) is 3.19. The van der Waals surface area contributed by atoms with E-state index in [-0.39, 0.29) is 24.8 Å². The number of urea groups is 1. The third-order valence-corrected chi connectivity index (χ3v) is 7.01. The Morgan fingerprint density at radius 3 is 2.10 bits per heavy atom. The lowest BCUT2D eigenvalue weighted by Crippen LogP contribution is -2.57. The van der Waals surface area contributed by atoms with Crippen molar-refractivity contribution in [3.63, 3.8) is 0 Å². The van der Waals surface area contributed by atoms with Gasteiger partial charge in [0.15, 0.2) is 0 Å². The Bertz CT molecular complexity index is 1390. The molecule has 2 atom stereocenters. The van der Waals surface area contributed by atoms with E-state index in [0.717, 1.165) is 4.90 Å². The second kappa shape index (κ2) is 12.2. The van der Waals surface area contributed by atoms with E-state index in [0.29, 0.717) is 21.7 Å². The van der Waals surface area contributed by atoms with Gasteiger partial charge in [-0.05, 0) is 17.0 Å². The van der Waals surface area contributed by atoms with Crippen molar-refractivity contribution in [1.82, 2.24) is 24.9 Å². The molecule has 2 aliphatic rings. The molecule has 11 nitrogen and oxygen atoms in total. The first-order valence-electron chi connectivity index (χ1n) is 13.3. The lowest BCUT2D eigenvalue weighted by Gasteiger charge is -2.40. The maximum atomic E-state index is 13.8. The number of rotatable bonds is 8. The van der Waals surface area contributed by atoms with Crippen LogP contribution in [0.5, 0.6) is 0 Å². The molecule has 0 bridgehead atoms. The molecule has 2 aliphatic heterocycles. The molecule has 0 aliphatic carbocycles. The molecule has 0 radical (unpaired) electrons. The molecule has 1 saturated heterocycles. The number of nitrogens with zero attached hydrogens (tertiary/aromatic N) is 4. The number of benzene rings is 2. The molecule has 11 heteroatoms. The summed E-state index contributed by atoms with van der Waals surface area (Å²) in [7, 11) is 1.41. The summed E-state index contributed by atoms with van der Waals surface area (Å²) in [6.07, 6.45) is 1.59.